The van der Waals surface area contributed by atoms with Crippen LogP contribution in [0, 0.1) is 0 Å². The van der Waals surface area contributed by atoms with Crippen LogP contribution < -0.4 is 0 Å². The van der Waals surface area contributed by atoms with Crippen LogP contribution in [0.5, 0.6) is 0 Å². The Balaban J connectivity index is 2.51. The Bertz CT molecular complexity index is 1250. The van der Waals surface area contributed by atoms with Gasteiger partial charge < -0.3 is 0 Å². The van der Waals surface area contributed by atoms with E-state index in [0.29, 0.717) is 12.0 Å². The van der Waals surface area contributed by atoms with E-state index in [0.717, 1.165) is 93.5 Å². The predicted molar refractivity (Wildman–Crippen MR) is 194 cm³/mol. The summed E-state index contributed by atoms with van der Waals surface area (Å²) in [6.45, 7) is 17.5. The number of hydrogen-bond donors (Lipinski definition) is 0. The van der Waals surface area contributed by atoms with E-state index >= 15 is 0 Å². The third-order valence-corrected chi connectivity index (χ3v) is 7.77. The van der Waals surface area contributed by atoms with Gasteiger partial charge in [-0.1, -0.05) is 76.0 Å². The molecule has 240 valence electrons. The second-order valence-corrected chi connectivity index (χ2v) is 13.0. The van der Waals surface area contributed by atoms with E-state index in [2.05, 4.69) is 97.9 Å². The summed E-state index contributed by atoms with van der Waals surface area (Å²) >= 11 is 0. The fourth-order valence-corrected chi connectivity index (χ4v) is 5.07. The Kier molecular flexibility index (Phi) is 20.4. The highest BCUT2D eigenvalue weighted by Gasteiger charge is 2.03. The highest BCUT2D eigenvalue weighted by atomic mass is 16.1. The summed E-state index contributed by atoms with van der Waals surface area (Å²) in [6, 6.07) is 5.93. The molecule has 1 aromatic carbocycles. The Morgan fingerprint density at radius 3 is 1.34 bits per heavy atom. The molecule has 0 saturated heterocycles. The van der Waals surface area contributed by atoms with Crippen LogP contribution in [0.3, 0.4) is 0 Å². The van der Waals surface area contributed by atoms with Crippen molar-refractivity contribution in [3.05, 3.63) is 110 Å². The molecule has 0 atom stereocenters. The average molecular weight is 597 g/mol. The zero-order valence-electron chi connectivity index (χ0n) is 29.2. The number of carbonyl (C=O) groups excluding carboxylic acids is 2. The summed E-state index contributed by atoms with van der Waals surface area (Å²) in [5.41, 5.74) is 12.0. The molecule has 0 aliphatic heterocycles. The van der Waals surface area contributed by atoms with Gasteiger partial charge in [0.25, 0.3) is 0 Å². The maximum Gasteiger partial charge on any atom is 0.150 e. The highest BCUT2D eigenvalue weighted by Crippen LogP contribution is 2.18. The summed E-state index contributed by atoms with van der Waals surface area (Å²) in [6.07, 6.45) is 30.1. The molecular formula is C42H60O2. The van der Waals surface area contributed by atoms with Crippen molar-refractivity contribution in [3.63, 3.8) is 0 Å². The first-order valence-electron chi connectivity index (χ1n) is 16.7. The van der Waals surface area contributed by atoms with Gasteiger partial charge in [0.15, 0.2) is 0 Å². The van der Waals surface area contributed by atoms with E-state index in [9.17, 15) is 9.59 Å². The number of aryl methyl sites for hydroxylation is 1. The summed E-state index contributed by atoms with van der Waals surface area (Å²) < 4.78 is 0. The number of hydrogen-bond acceptors (Lipinski definition) is 2. The first kappa shape index (κ1) is 38.8. The van der Waals surface area contributed by atoms with Gasteiger partial charge in [-0.3, -0.25) is 9.59 Å². The summed E-state index contributed by atoms with van der Waals surface area (Å²) in [4.78, 5) is 23.1. The second kappa shape index (κ2) is 23.2. The normalized spacial score (nSPS) is 13.1. The molecule has 1 aromatic rings. The van der Waals surface area contributed by atoms with Crippen molar-refractivity contribution in [1.29, 1.82) is 0 Å². The largest absolute Gasteiger partial charge is 0.298 e. The van der Waals surface area contributed by atoms with Crippen LogP contribution in [0.4, 0.5) is 0 Å². The quantitative estimate of drug-likeness (QED) is 0.0803. The summed E-state index contributed by atoms with van der Waals surface area (Å²) in [5, 5.41) is 0. The lowest BCUT2D eigenvalue weighted by molar-refractivity contribution is -0.105. The number of allylic oxidation sites excluding steroid dienone is 13. The average Bonchev–Trinajstić information content (AvgIpc) is 2.96. The Morgan fingerprint density at radius 2 is 0.909 bits per heavy atom. The van der Waals surface area contributed by atoms with Gasteiger partial charge in [-0.25, -0.2) is 0 Å². The molecule has 2 heteroatoms. The van der Waals surface area contributed by atoms with Gasteiger partial charge in [0.2, 0.25) is 0 Å². The Hall–Kier alpha value is -3.26. The van der Waals surface area contributed by atoms with Crippen LogP contribution in [0.25, 0.3) is 6.08 Å². The number of rotatable bonds is 21. The molecule has 0 radical (unpaired) electrons. The van der Waals surface area contributed by atoms with Crippen molar-refractivity contribution >= 4 is 18.6 Å². The minimum atomic E-state index is 0.660. The standard InChI is InChI=1S/C42H60O2/c1-33(2)15-9-17-35(5)18-11-19-36(6)20-12-21-37(7)22-13-23-38(8)24-14-25-39-27-41(30-42(28-39)32-44)29-40(31-43)26-10-16-34(3)4/h15-16,18,20,22,24,27-32H,9-14,17,19,21,23,25-26H2,1-8H3/b35-18+,36-20+,37-22+,38-24+,40-29+. The van der Waals surface area contributed by atoms with Gasteiger partial charge >= 0.3 is 0 Å². The minimum absolute atomic E-state index is 0.660. The van der Waals surface area contributed by atoms with Gasteiger partial charge in [-0.15, -0.1) is 0 Å². The van der Waals surface area contributed by atoms with Crippen molar-refractivity contribution < 1.29 is 9.59 Å². The van der Waals surface area contributed by atoms with Gasteiger partial charge in [-0.2, -0.15) is 0 Å². The van der Waals surface area contributed by atoms with Crippen LogP contribution in [0.2, 0.25) is 0 Å². The van der Waals surface area contributed by atoms with Crippen LogP contribution in [0.15, 0.2) is 93.7 Å². The molecule has 44 heavy (non-hydrogen) atoms. The van der Waals surface area contributed by atoms with Gasteiger partial charge in [0.1, 0.15) is 12.6 Å². The van der Waals surface area contributed by atoms with Crippen molar-refractivity contribution in [1.82, 2.24) is 0 Å². The van der Waals surface area contributed by atoms with Gasteiger partial charge in [0, 0.05) is 5.56 Å². The lowest BCUT2D eigenvalue weighted by Crippen LogP contribution is -1.92. The highest BCUT2D eigenvalue weighted by molar-refractivity contribution is 5.83. The first-order valence-corrected chi connectivity index (χ1v) is 16.7. The Morgan fingerprint density at radius 1 is 0.500 bits per heavy atom. The molecule has 0 aromatic heterocycles. The Labute approximate surface area is 270 Å². The first-order chi connectivity index (χ1) is 21.0. The second-order valence-electron chi connectivity index (χ2n) is 13.0. The molecule has 0 spiro atoms. The zero-order chi connectivity index (χ0) is 32.7. The molecule has 0 fully saturated rings. The summed E-state index contributed by atoms with van der Waals surface area (Å²) in [5.74, 6) is 0. The smallest absolute Gasteiger partial charge is 0.150 e. The number of carbonyl (C=O) groups is 2. The zero-order valence-corrected chi connectivity index (χ0v) is 29.2. The van der Waals surface area contributed by atoms with Crippen molar-refractivity contribution in [2.45, 2.75) is 132 Å². The number of aldehydes is 2. The lowest BCUT2D eigenvalue weighted by Gasteiger charge is -2.06. The molecule has 0 saturated carbocycles. The van der Waals surface area contributed by atoms with Crippen LogP contribution in [0.1, 0.15) is 148 Å². The SMILES string of the molecule is CC(C)=CCC/C(C)=C/CC/C(C)=C/CC/C(C)=C/CC/C(C)=C/CCc1cc(C=O)cc(/C=C(/C=O)CCC=C(C)C)c1. The van der Waals surface area contributed by atoms with Crippen LogP contribution in [-0.2, 0) is 11.2 Å². The fourth-order valence-electron chi connectivity index (χ4n) is 5.07. The third kappa shape index (κ3) is 19.8. The maximum atomic E-state index is 11.6. The lowest BCUT2D eigenvalue weighted by atomic mass is 9.99. The minimum Gasteiger partial charge on any atom is -0.298 e. The van der Waals surface area contributed by atoms with Crippen LogP contribution in [-0.4, -0.2) is 12.6 Å². The molecule has 0 heterocycles. The van der Waals surface area contributed by atoms with E-state index in [-0.39, 0.29) is 0 Å². The predicted octanol–water partition coefficient (Wildman–Crippen LogP) is 12.6. The molecule has 0 amide bonds. The third-order valence-electron chi connectivity index (χ3n) is 7.77. The van der Waals surface area contributed by atoms with E-state index < -0.39 is 0 Å². The van der Waals surface area contributed by atoms with Crippen molar-refractivity contribution in [2.24, 2.45) is 0 Å². The summed E-state index contributed by atoms with van der Waals surface area (Å²) in [7, 11) is 0. The van der Waals surface area contributed by atoms with Crippen molar-refractivity contribution in [3.8, 4) is 0 Å². The molecule has 0 N–H and O–H groups in total. The van der Waals surface area contributed by atoms with E-state index in [4.69, 9.17) is 0 Å². The van der Waals surface area contributed by atoms with Crippen LogP contribution >= 0.6 is 0 Å². The molecule has 0 aliphatic rings. The molecule has 0 aliphatic carbocycles. The monoisotopic (exact) mass is 596 g/mol. The van der Waals surface area contributed by atoms with Gasteiger partial charge in [0.05, 0.1) is 0 Å². The van der Waals surface area contributed by atoms with E-state index in [1.54, 1.807) is 0 Å². The van der Waals surface area contributed by atoms with Gasteiger partial charge in [-0.05, 0) is 167 Å². The molecule has 2 nitrogen and oxygen atoms in total. The van der Waals surface area contributed by atoms with Crippen molar-refractivity contribution in [2.75, 3.05) is 0 Å². The molecule has 1 rings (SSSR count). The topological polar surface area (TPSA) is 34.1 Å². The fraction of sp³-hybridized carbons (Fsp3) is 0.476. The van der Waals surface area contributed by atoms with E-state index in [1.165, 1.54) is 39.9 Å². The van der Waals surface area contributed by atoms with E-state index in [1.807, 2.05) is 18.2 Å². The molecule has 0 unspecified atom stereocenters. The maximum absolute atomic E-state index is 11.6. The molecule has 0 bridgehead atoms. The number of benzene rings is 1. The molecular weight excluding hydrogens is 536 g/mol.